The summed E-state index contributed by atoms with van der Waals surface area (Å²) in [7, 11) is -9.99. The number of halogens is 2. The maximum atomic E-state index is 14.2. The van der Waals surface area contributed by atoms with Crippen molar-refractivity contribution in [2.45, 2.75) is 175 Å². The fourth-order valence-corrected chi connectivity index (χ4v) is 18.2. The summed E-state index contributed by atoms with van der Waals surface area (Å²) in [5.74, 6) is 0.598. The molecule has 1 atom stereocenters. The van der Waals surface area contributed by atoms with Crippen molar-refractivity contribution in [3.8, 4) is 62.1 Å². The van der Waals surface area contributed by atoms with Gasteiger partial charge < -0.3 is 36.0 Å². The van der Waals surface area contributed by atoms with Crippen molar-refractivity contribution >= 4 is 115 Å². The number of carbonyl (C=O) groups excluding carboxylic acids is 3. The van der Waals surface area contributed by atoms with Gasteiger partial charge in [-0.25, -0.2) is 4.79 Å². The quantitative estimate of drug-likeness (QED) is 0.0530. The van der Waals surface area contributed by atoms with Gasteiger partial charge in [0.15, 0.2) is 5.75 Å². The van der Waals surface area contributed by atoms with E-state index in [-0.39, 0.29) is 5.56 Å². The van der Waals surface area contributed by atoms with E-state index < -0.39 is 72.6 Å². The molecule has 1 unspecified atom stereocenters. The lowest BCUT2D eigenvalue weighted by atomic mass is 9.83. The predicted octanol–water partition coefficient (Wildman–Crippen LogP) is 22.0. The minimum atomic E-state index is -2.58. The van der Waals surface area contributed by atoms with Gasteiger partial charge >= 0.3 is 34.8 Å². The molecule has 8 aromatic rings. The molecule has 0 spiro atoms. The molecule has 0 saturated carbocycles. The van der Waals surface area contributed by atoms with Crippen LogP contribution in [0.1, 0.15) is 138 Å². The minimum absolute atomic E-state index is 0.263. The first-order valence-corrected chi connectivity index (χ1v) is 41.2. The van der Waals surface area contributed by atoms with Crippen LogP contribution in [0.4, 0.5) is 0 Å². The number of fused-ring (bicyclic) bond motifs is 4. The fourth-order valence-electron chi connectivity index (χ4n) is 11.5. The molecular formula is C73H86Br2O11P2Si2. The highest BCUT2D eigenvalue weighted by Crippen LogP contribution is 2.55. The van der Waals surface area contributed by atoms with E-state index >= 15 is 0 Å². The molecule has 0 fully saturated rings. The van der Waals surface area contributed by atoms with E-state index in [9.17, 15) is 14.4 Å². The maximum Gasteiger partial charge on any atom is 0.532 e. The Morgan fingerprint density at radius 1 is 0.478 bits per heavy atom. The average molecular weight is 1420 g/mol. The second kappa shape index (κ2) is 24.5. The van der Waals surface area contributed by atoms with Crippen molar-refractivity contribution < 1.29 is 50.3 Å². The molecule has 0 N–H and O–H groups in total. The summed E-state index contributed by atoms with van der Waals surface area (Å²) < 4.78 is 56.9. The zero-order chi connectivity index (χ0) is 66.6. The highest BCUT2D eigenvalue weighted by Gasteiger charge is 2.40. The highest BCUT2D eigenvalue weighted by atomic mass is 79.9. The summed E-state index contributed by atoms with van der Waals surface area (Å²) >= 11 is 7.22. The van der Waals surface area contributed by atoms with Gasteiger partial charge in [-0.3, -0.25) is 9.59 Å². The number of benzene rings is 7. The van der Waals surface area contributed by atoms with Crippen LogP contribution >= 0.6 is 48.7 Å². The smallest absolute Gasteiger partial charge is 0.426 e. The molecule has 17 heteroatoms. The van der Waals surface area contributed by atoms with Gasteiger partial charge in [-0.15, -0.1) is 0 Å². The van der Waals surface area contributed by atoms with Gasteiger partial charge in [-0.2, -0.15) is 0 Å². The Morgan fingerprint density at radius 2 is 0.867 bits per heavy atom. The van der Waals surface area contributed by atoms with Gasteiger partial charge in [-0.05, 0) is 213 Å². The number of rotatable bonds is 11. The lowest BCUT2D eigenvalue weighted by Crippen LogP contribution is -2.40. The summed E-state index contributed by atoms with van der Waals surface area (Å²) in [6, 6.07) is 28.7. The minimum Gasteiger partial charge on any atom is -0.426 e. The third kappa shape index (κ3) is 14.3. The first kappa shape index (κ1) is 68.4. The van der Waals surface area contributed by atoms with Gasteiger partial charge in [0, 0.05) is 37.5 Å². The zero-order valence-corrected chi connectivity index (χ0v) is 63.7. The van der Waals surface area contributed by atoms with Crippen LogP contribution in [0.5, 0.6) is 28.7 Å². The molecule has 0 aliphatic carbocycles. The van der Waals surface area contributed by atoms with Gasteiger partial charge in [0.05, 0.1) is 31.5 Å². The Bertz CT molecular complexity index is 4160. The Labute approximate surface area is 553 Å². The van der Waals surface area contributed by atoms with Crippen molar-refractivity contribution in [2.75, 3.05) is 0 Å². The number of esters is 2. The number of hydrogen-bond acceptors (Lipinski definition) is 11. The molecule has 90 heavy (non-hydrogen) atoms. The maximum absolute atomic E-state index is 14.2. The van der Waals surface area contributed by atoms with E-state index in [4.69, 9.17) is 36.0 Å². The van der Waals surface area contributed by atoms with Crippen LogP contribution in [-0.4, -0.2) is 34.1 Å². The molecule has 2 heterocycles. The first-order valence-electron chi connectivity index (χ1n) is 30.5. The van der Waals surface area contributed by atoms with Crippen LogP contribution in [-0.2, 0) is 24.9 Å². The van der Waals surface area contributed by atoms with E-state index in [2.05, 4.69) is 203 Å². The van der Waals surface area contributed by atoms with Crippen LogP contribution < -0.4 is 33.4 Å². The Kier molecular flexibility index (Phi) is 18.6. The van der Waals surface area contributed by atoms with E-state index in [1.807, 2.05) is 71.9 Å². The highest BCUT2D eigenvalue weighted by molar-refractivity contribution is 9.11. The Balaban J connectivity index is 1.48. The van der Waals surface area contributed by atoms with Crippen molar-refractivity contribution in [2.24, 2.45) is 10.8 Å². The summed E-state index contributed by atoms with van der Waals surface area (Å²) in [5.41, 5.74) is 12.1. The van der Waals surface area contributed by atoms with Gasteiger partial charge in [-0.1, -0.05) is 144 Å². The second-order valence-corrected chi connectivity index (χ2v) is 44.2. The third-order valence-corrected chi connectivity index (χ3v) is 22.9. The topological polar surface area (TPSA) is 133 Å². The molecule has 1 aromatic heterocycles. The molecular weight excluding hydrogens is 1330 g/mol. The molecule has 0 bridgehead atoms. The second-order valence-electron chi connectivity index (χ2n) is 30.4. The largest absolute Gasteiger partial charge is 0.532 e. The normalized spacial score (nSPS) is 14.1. The van der Waals surface area contributed by atoms with Crippen molar-refractivity contribution in [3.05, 3.63) is 144 Å². The summed E-state index contributed by atoms with van der Waals surface area (Å²) in [5, 5.41) is 3.07. The predicted molar refractivity (Wildman–Crippen MR) is 382 cm³/mol. The van der Waals surface area contributed by atoms with Gasteiger partial charge in [0.1, 0.15) is 39.7 Å². The van der Waals surface area contributed by atoms with Gasteiger partial charge in [0.25, 0.3) is 0 Å². The van der Waals surface area contributed by atoms with E-state index in [1.165, 1.54) is 0 Å². The zero-order valence-electron chi connectivity index (χ0n) is 56.7. The Hall–Kier alpha value is -5.93. The van der Waals surface area contributed by atoms with Gasteiger partial charge in [0.2, 0.25) is 0 Å². The molecule has 9 rings (SSSR count). The van der Waals surface area contributed by atoms with Crippen LogP contribution in [0, 0.1) is 52.4 Å². The summed E-state index contributed by atoms with van der Waals surface area (Å²) in [6.45, 7) is 50.1. The number of hydrogen-bond donors (Lipinski definition) is 0. The number of carbonyl (C=O) groups is 3. The van der Waals surface area contributed by atoms with Crippen LogP contribution in [0.15, 0.2) is 102 Å². The molecule has 1 aliphatic heterocycles. The number of aryl methyl sites for hydroxylation is 6. The van der Waals surface area contributed by atoms with E-state index in [0.29, 0.717) is 70.8 Å². The summed E-state index contributed by atoms with van der Waals surface area (Å²) in [6.07, 6.45) is 0. The van der Waals surface area contributed by atoms with Crippen molar-refractivity contribution in [1.29, 1.82) is 0 Å². The van der Waals surface area contributed by atoms with Crippen LogP contribution in [0.2, 0.25) is 39.3 Å². The van der Waals surface area contributed by atoms with E-state index in [1.54, 1.807) is 6.07 Å². The van der Waals surface area contributed by atoms with E-state index in [0.717, 1.165) is 77.1 Å². The SMILES string of the molecule is Cc1cc(C)c(-c2cc(-c3cc(-c4c(C)cc(C)cc4C)cc([Si](C)(C)C)c3Op3oc4c(C(C)(C)C)cc(OC(=O)C(C)(C)C)cc4c4cc(OC(=O)C(C)(C)C)cc(C(C)(C)C)c4o3)c(OP3OC(=O)c4cc(Br)cc(Br)c4O3)c([Si](C)(C)C)c2)c(C)c1. The molecule has 7 aromatic carbocycles. The fraction of sp³-hybridized carbons (Fsp3) is 0.384. The standard InChI is InChI=1S/C73H86Br2O11P2Si2/c1-39-25-41(3)60(42(4)26-39)45-29-50(51-30-46(61-43(5)27-40(2)28-44(61)6)32-59(90(22,23)24)66(51)85-88-83-64-54(67(76)86-88)33-47(74)34-57(64)75)65(58(31-45)89(19,20)21)84-87-81-62-52(35-48(37-55(62)70(7,8)9)79-68(77)72(13,14)15)53-36-49(80-69(78)73(16,17)18)38-56(63(53)82-87)71(10,11)12/h25-38H,1-24H3. The lowest BCUT2D eigenvalue weighted by molar-refractivity contribution is -0.143. The lowest BCUT2D eigenvalue weighted by Gasteiger charge is -2.30. The molecule has 11 nitrogen and oxygen atoms in total. The molecule has 1 aliphatic rings. The number of ether oxygens (including phenoxy) is 2. The average Bonchev–Trinajstić information content (AvgIpc) is 2.05. The molecule has 0 radical (unpaired) electrons. The summed E-state index contributed by atoms with van der Waals surface area (Å²) in [4.78, 5) is 41.9. The third-order valence-electron chi connectivity index (χ3n) is 15.9. The van der Waals surface area contributed by atoms with Crippen LogP contribution in [0.25, 0.3) is 55.3 Å². The molecule has 0 amide bonds. The van der Waals surface area contributed by atoms with Crippen LogP contribution in [0.3, 0.4) is 0 Å². The van der Waals surface area contributed by atoms with Crippen molar-refractivity contribution in [3.63, 3.8) is 0 Å². The first-order chi connectivity index (χ1) is 41.4. The molecule has 0 saturated heterocycles. The van der Waals surface area contributed by atoms with Crippen molar-refractivity contribution in [1.82, 2.24) is 0 Å². The molecule has 476 valence electrons. The Morgan fingerprint density at radius 3 is 1.23 bits per heavy atom. The monoisotopic (exact) mass is 1410 g/mol.